The Bertz CT molecular complexity index is 1120. The van der Waals surface area contributed by atoms with Crippen LogP contribution in [-0.4, -0.2) is 20.3 Å². The Kier molecular flexibility index (Phi) is 4.75. The SMILES string of the molecule is Cc1ccc(NC(=O)c2cc(-c3cccn3C)nn2-c2ccc(Cl)cc2)cc1. The summed E-state index contributed by atoms with van der Waals surface area (Å²) in [7, 11) is 1.95. The number of anilines is 1. The Balaban J connectivity index is 1.76. The lowest BCUT2D eigenvalue weighted by atomic mass is 10.2. The number of nitrogens with zero attached hydrogens (tertiary/aromatic N) is 3. The summed E-state index contributed by atoms with van der Waals surface area (Å²) in [5, 5.41) is 8.26. The number of hydrogen-bond acceptors (Lipinski definition) is 2. The molecular weight excluding hydrogens is 372 g/mol. The van der Waals surface area contributed by atoms with E-state index in [0.29, 0.717) is 10.7 Å². The van der Waals surface area contributed by atoms with Crippen molar-refractivity contribution in [2.75, 3.05) is 5.32 Å². The average Bonchev–Trinajstić information content (AvgIpc) is 3.30. The number of rotatable bonds is 4. The summed E-state index contributed by atoms with van der Waals surface area (Å²) >= 11 is 6.02. The zero-order valence-corrected chi connectivity index (χ0v) is 16.3. The lowest BCUT2D eigenvalue weighted by Gasteiger charge is -2.09. The second-order valence-corrected chi connectivity index (χ2v) is 7.06. The van der Waals surface area contributed by atoms with Crippen molar-refractivity contribution in [3.63, 3.8) is 0 Å². The molecule has 4 rings (SSSR count). The van der Waals surface area contributed by atoms with E-state index in [-0.39, 0.29) is 5.91 Å². The fraction of sp³-hybridized carbons (Fsp3) is 0.0909. The van der Waals surface area contributed by atoms with E-state index in [1.54, 1.807) is 22.9 Å². The molecule has 4 aromatic rings. The maximum absolute atomic E-state index is 13.0. The minimum atomic E-state index is -0.230. The molecule has 0 aliphatic rings. The highest BCUT2D eigenvalue weighted by Crippen LogP contribution is 2.23. The molecule has 0 aliphatic heterocycles. The van der Waals surface area contributed by atoms with Crippen molar-refractivity contribution < 1.29 is 4.79 Å². The van der Waals surface area contributed by atoms with Gasteiger partial charge < -0.3 is 9.88 Å². The molecule has 0 spiro atoms. The third kappa shape index (κ3) is 3.57. The number of aryl methyl sites for hydroxylation is 2. The number of benzene rings is 2. The summed E-state index contributed by atoms with van der Waals surface area (Å²) < 4.78 is 3.61. The van der Waals surface area contributed by atoms with Crippen LogP contribution < -0.4 is 5.32 Å². The Morgan fingerprint density at radius 1 is 1.04 bits per heavy atom. The van der Waals surface area contributed by atoms with E-state index >= 15 is 0 Å². The summed E-state index contributed by atoms with van der Waals surface area (Å²) in [5.74, 6) is -0.230. The molecule has 2 aromatic carbocycles. The quantitative estimate of drug-likeness (QED) is 0.527. The van der Waals surface area contributed by atoms with Gasteiger partial charge in [0.15, 0.2) is 0 Å². The molecular formula is C22H19ClN4O. The highest BCUT2D eigenvalue weighted by molar-refractivity contribution is 6.30. The fourth-order valence-corrected chi connectivity index (χ4v) is 3.13. The molecule has 1 N–H and O–H groups in total. The van der Waals surface area contributed by atoms with Gasteiger partial charge in [0.1, 0.15) is 11.4 Å². The van der Waals surface area contributed by atoms with Crippen molar-refractivity contribution in [1.82, 2.24) is 14.3 Å². The van der Waals surface area contributed by atoms with Crippen molar-refractivity contribution >= 4 is 23.2 Å². The van der Waals surface area contributed by atoms with Gasteiger partial charge in [0.2, 0.25) is 0 Å². The topological polar surface area (TPSA) is 51.9 Å². The molecule has 2 heterocycles. The summed E-state index contributed by atoms with van der Waals surface area (Å²) in [5.41, 5.74) is 4.72. The van der Waals surface area contributed by atoms with Crippen LogP contribution in [0.4, 0.5) is 5.69 Å². The molecule has 1 amide bonds. The first-order chi connectivity index (χ1) is 13.5. The molecule has 28 heavy (non-hydrogen) atoms. The van der Waals surface area contributed by atoms with E-state index in [4.69, 9.17) is 11.6 Å². The molecule has 0 bridgehead atoms. The molecule has 0 atom stereocenters. The van der Waals surface area contributed by atoms with Crippen LogP contribution in [0, 0.1) is 6.92 Å². The van der Waals surface area contributed by atoms with E-state index in [9.17, 15) is 4.79 Å². The highest BCUT2D eigenvalue weighted by Gasteiger charge is 2.19. The van der Waals surface area contributed by atoms with Crippen LogP contribution in [-0.2, 0) is 7.05 Å². The standard InChI is InChI=1S/C22H19ClN4O/c1-15-5-9-17(10-6-15)24-22(28)21-14-19(20-4-3-13-26(20)2)25-27(21)18-11-7-16(23)8-12-18/h3-14H,1-2H3,(H,24,28). The van der Waals surface area contributed by atoms with E-state index in [1.165, 1.54) is 0 Å². The molecule has 0 radical (unpaired) electrons. The first-order valence-electron chi connectivity index (χ1n) is 8.87. The number of hydrogen-bond donors (Lipinski definition) is 1. The van der Waals surface area contributed by atoms with Crippen LogP contribution in [0.2, 0.25) is 5.02 Å². The Morgan fingerprint density at radius 3 is 2.39 bits per heavy atom. The van der Waals surface area contributed by atoms with E-state index in [0.717, 1.165) is 28.3 Å². The molecule has 2 aromatic heterocycles. The molecule has 140 valence electrons. The van der Waals surface area contributed by atoms with Gasteiger partial charge >= 0.3 is 0 Å². The van der Waals surface area contributed by atoms with Crippen LogP contribution in [0.25, 0.3) is 17.1 Å². The van der Waals surface area contributed by atoms with Gasteiger partial charge in [-0.3, -0.25) is 4.79 Å². The van der Waals surface area contributed by atoms with Gasteiger partial charge in [-0.2, -0.15) is 5.10 Å². The Hall–Kier alpha value is -3.31. The number of nitrogens with one attached hydrogen (secondary N) is 1. The van der Waals surface area contributed by atoms with E-state index < -0.39 is 0 Å². The van der Waals surface area contributed by atoms with E-state index in [2.05, 4.69) is 10.4 Å². The zero-order valence-electron chi connectivity index (χ0n) is 15.6. The fourth-order valence-electron chi connectivity index (χ4n) is 3.01. The molecule has 5 nitrogen and oxygen atoms in total. The van der Waals surface area contributed by atoms with Gasteiger partial charge in [-0.1, -0.05) is 29.3 Å². The molecule has 0 saturated carbocycles. The molecule has 6 heteroatoms. The number of halogens is 1. The van der Waals surface area contributed by atoms with Crippen molar-refractivity contribution in [3.05, 3.63) is 89.2 Å². The molecule has 0 fully saturated rings. The van der Waals surface area contributed by atoms with E-state index in [1.807, 2.05) is 73.3 Å². The van der Waals surface area contributed by atoms with Gasteiger partial charge in [-0.15, -0.1) is 0 Å². The lowest BCUT2D eigenvalue weighted by molar-refractivity contribution is 0.101. The third-order valence-corrected chi connectivity index (χ3v) is 4.78. The summed E-state index contributed by atoms with van der Waals surface area (Å²) in [6, 6.07) is 20.6. The minimum absolute atomic E-state index is 0.230. The second kappa shape index (κ2) is 7.37. The zero-order chi connectivity index (χ0) is 19.7. The normalized spacial score (nSPS) is 10.8. The Morgan fingerprint density at radius 2 is 1.75 bits per heavy atom. The number of aromatic nitrogens is 3. The molecule has 0 unspecified atom stereocenters. The maximum Gasteiger partial charge on any atom is 0.274 e. The van der Waals surface area contributed by atoms with Gasteiger partial charge in [0.25, 0.3) is 5.91 Å². The predicted molar refractivity (Wildman–Crippen MR) is 112 cm³/mol. The largest absolute Gasteiger partial charge is 0.349 e. The maximum atomic E-state index is 13.0. The first-order valence-corrected chi connectivity index (χ1v) is 9.25. The van der Waals surface area contributed by atoms with Crippen LogP contribution in [0.15, 0.2) is 72.9 Å². The van der Waals surface area contributed by atoms with Gasteiger partial charge in [-0.05, 0) is 61.5 Å². The van der Waals surface area contributed by atoms with Crippen molar-refractivity contribution in [1.29, 1.82) is 0 Å². The summed E-state index contributed by atoms with van der Waals surface area (Å²) in [4.78, 5) is 13.0. The predicted octanol–water partition coefficient (Wildman–Crippen LogP) is 5.09. The first kappa shape index (κ1) is 18.1. The van der Waals surface area contributed by atoms with Crippen LogP contribution in [0.5, 0.6) is 0 Å². The molecule has 0 saturated heterocycles. The van der Waals surface area contributed by atoms with Crippen molar-refractivity contribution in [3.8, 4) is 17.1 Å². The number of carbonyl (C=O) groups is 1. The monoisotopic (exact) mass is 390 g/mol. The van der Waals surface area contributed by atoms with Crippen LogP contribution in [0.1, 0.15) is 16.1 Å². The van der Waals surface area contributed by atoms with Crippen molar-refractivity contribution in [2.24, 2.45) is 7.05 Å². The van der Waals surface area contributed by atoms with Gasteiger partial charge in [0.05, 0.1) is 11.4 Å². The van der Waals surface area contributed by atoms with Crippen molar-refractivity contribution in [2.45, 2.75) is 6.92 Å². The lowest BCUT2D eigenvalue weighted by Crippen LogP contribution is -2.16. The average molecular weight is 391 g/mol. The van der Waals surface area contributed by atoms with Gasteiger partial charge in [0, 0.05) is 24.0 Å². The molecule has 0 aliphatic carbocycles. The summed E-state index contributed by atoms with van der Waals surface area (Å²) in [6.07, 6.45) is 1.95. The second-order valence-electron chi connectivity index (χ2n) is 6.63. The summed E-state index contributed by atoms with van der Waals surface area (Å²) in [6.45, 7) is 2.01. The third-order valence-electron chi connectivity index (χ3n) is 4.53. The minimum Gasteiger partial charge on any atom is -0.349 e. The van der Waals surface area contributed by atoms with Gasteiger partial charge in [-0.25, -0.2) is 4.68 Å². The highest BCUT2D eigenvalue weighted by atomic mass is 35.5. The number of carbonyl (C=O) groups excluding carboxylic acids is 1. The van der Waals surface area contributed by atoms with Crippen LogP contribution >= 0.6 is 11.6 Å². The smallest absolute Gasteiger partial charge is 0.274 e. The number of amides is 1. The van der Waals surface area contributed by atoms with Crippen LogP contribution in [0.3, 0.4) is 0 Å². The Labute approximate surface area is 168 Å².